The molecule has 0 aliphatic rings. The summed E-state index contributed by atoms with van der Waals surface area (Å²) < 4.78 is 7.20. The highest BCUT2D eigenvalue weighted by molar-refractivity contribution is 6.30. The van der Waals surface area contributed by atoms with E-state index in [9.17, 15) is 0 Å². The van der Waals surface area contributed by atoms with Gasteiger partial charge in [-0.15, -0.1) is 5.10 Å². The van der Waals surface area contributed by atoms with Crippen LogP contribution in [0, 0.1) is 0 Å². The van der Waals surface area contributed by atoms with Gasteiger partial charge < -0.3 is 4.74 Å². The summed E-state index contributed by atoms with van der Waals surface area (Å²) in [6.07, 6.45) is 1.70. The highest BCUT2D eigenvalue weighted by atomic mass is 35.5. The number of rotatable bonds is 3. The number of halogens is 2. The van der Waals surface area contributed by atoms with E-state index in [0.29, 0.717) is 21.6 Å². The second-order valence-corrected chi connectivity index (χ2v) is 4.80. The van der Waals surface area contributed by atoms with Crippen LogP contribution in [-0.4, -0.2) is 14.6 Å². The van der Waals surface area contributed by atoms with E-state index in [-0.39, 0.29) is 6.61 Å². The van der Waals surface area contributed by atoms with Gasteiger partial charge in [0, 0.05) is 11.2 Å². The Kier molecular flexibility index (Phi) is 3.27. The first kappa shape index (κ1) is 12.3. The van der Waals surface area contributed by atoms with Crippen LogP contribution in [0.25, 0.3) is 5.65 Å². The fourth-order valence-corrected chi connectivity index (χ4v) is 2.01. The summed E-state index contributed by atoms with van der Waals surface area (Å²) >= 11 is 11.8. The summed E-state index contributed by atoms with van der Waals surface area (Å²) in [4.78, 5) is 4.33. The predicted molar refractivity (Wildman–Crippen MR) is 73.8 cm³/mol. The van der Waals surface area contributed by atoms with Crippen molar-refractivity contribution in [2.45, 2.75) is 6.61 Å². The lowest BCUT2D eigenvalue weighted by molar-refractivity contribution is 0.296. The van der Waals surface area contributed by atoms with Crippen molar-refractivity contribution in [3.05, 3.63) is 58.5 Å². The minimum atomic E-state index is 0.277. The third-order valence-corrected chi connectivity index (χ3v) is 2.96. The Hall–Kier alpha value is -1.78. The molecule has 3 aromatic rings. The van der Waals surface area contributed by atoms with Gasteiger partial charge in [0.25, 0.3) is 0 Å². The zero-order valence-corrected chi connectivity index (χ0v) is 11.3. The lowest BCUT2D eigenvalue weighted by Crippen LogP contribution is -1.98. The summed E-state index contributed by atoms with van der Waals surface area (Å²) in [5, 5.41) is 5.52. The molecule has 0 N–H and O–H groups in total. The molecule has 0 atom stereocenters. The number of fused-ring (bicyclic) bond motifs is 1. The predicted octanol–water partition coefficient (Wildman–Crippen LogP) is 3.62. The van der Waals surface area contributed by atoms with Crippen LogP contribution in [0.1, 0.15) is 5.82 Å². The van der Waals surface area contributed by atoms with Gasteiger partial charge in [-0.05, 0) is 30.3 Å². The smallest absolute Gasteiger partial charge is 0.189 e. The lowest BCUT2D eigenvalue weighted by Gasteiger charge is -2.02. The summed E-state index contributed by atoms with van der Waals surface area (Å²) in [7, 11) is 0. The van der Waals surface area contributed by atoms with Crippen molar-refractivity contribution >= 4 is 28.8 Å². The second-order valence-electron chi connectivity index (χ2n) is 3.92. The maximum Gasteiger partial charge on any atom is 0.189 e. The van der Waals surface area contributed by atoms with E-state index < -0.39 is 0 Å². The van der Waals surface area contributed by atoms with Crippen LogP contribution in [0.4, 0.5) is 0 Å². The van der Waals surface area contributed by atoms with Crippen molar-refractivity contribution < 1.29 is 4.74 Å². The van der Waals surface area contributed by atoms with Crippen molar-refractivity contribution in [2.24, 2.45) is 0 Å². The Morgan fingerprint density at radius 3 is 2.84 bits per heavy atom. The van der Waals surface area contributed by atoms with Crippen LogP contribution < -0.4 is 4.74 Å². The van der Waals surface area contributed by atoms with Crippen LogP contribution in [0.3, 0.4) is 0 Å². The second kappa shape index (κ2) is 5.07. The van der Waals surface area contributed by atoms with E-state index in [1.54, 1.807) is 35.0 Å². The molecule has 1 aromatic carbocycles. The Balaban J connectivity index is 1.78. The van der Waals surface area contributed by atoms with Gasteiger partial charge in [0.1, 0.15) is 12.4 Å². The molecule has 0 saturated heterocycles. The van der Waals surface area contributed by atoms with Gasteiger partial charge in [0.2, 0.25) is 0 Å². The molecule has 0 spiro atoms. The highest BCUT2D eigenvalue weighted by Gasteiger charge is 2.05. The van der Waals surface area contributed by atoms with E-state index in [4.69, 9.17) is 27.9 Å². The number of hydrogen-bond donors (Lipinski definition) is 0. The number of ether oxygens (including phenoxy) is 1. The Labute approximate surface area is 119 Å². The van der Waals surface area contributed by atoms with Crippen LogP contribution >= 0.6 is 23.2 Å². The SMILES string of the molecule is Clc1cccc(OCc2nc3ccc(Cl)cn3n2)c1. The normalized spacial score (nSPS) is 10.8. The Morgan fingerprint density at radius 2 is 2.00 bits per heavy atom. The summed E-state index contributed by atoms with van der Waals surface area (Å²) in [6.45, 7) is 0.277. The first-order chi connectivity index (χ1) is 9.20. The standard InChI is InChI=1S/C13H9Cl2N3O/c14-9-2-1-3-11(6-9)19-8-12-16-13-5-4-10(15)7-18(13)17-12/h1-7H,8H2. The quantitative estimate of drug-likeness (QED) is 0.740. The average molecular weight is 294 g/mol. The third-order valence-electron chi connectivity index (χ3n) is 2.50. The largest absolute Gasteiger partial charge is 0.485 e. The molecule has 96 valence electrons. The van der Waals surface area contributed by atoms with Gasteiger partial charge in [-0.25, -0.2) is 9.50 Å². The van der Waals surface area contributed by atoms with Gasteiger partial charge in [0.15, 0.2) is 11.5 Å². The minimum absolute atomic E-state index is 0.277. The van der Waals surface area contributed by atoms with E-state index in [1.165, 1.54) is 0 Å². The molecule has 0 amide bonds. The molecule has 0 unspecified atom stereocenters. The monoisotopic (exact) mass is 293 g/mol. The number of nitrogens with zero attached hydrogens (tertiary/aromatic N) is 3. The maximum absolute atomic E-state index is 5.88. The van der Waals surface area contributed by atoms with Crippen molar-refractivity contribution in [1.82, 2.24) is 14.6 Å². The number of hydrogen-bond acceptors (Lipinski definition) is 3. The van der Waals surface area contributed by atoms with Gasteiger partial charge >= 0.3 is 0 Å². The molecule has 2 heterocycles. The number of aromatic nitrogens is 3. The van der Waals surface area contributed by atoms with Crippen LogP contribution in [0.15, 0.2) is 42.6 Å². The van der Waals surface area contributed by atoms with Crippen molar-refractivity contribution in [3.63, 3.8) is 0 Å². The van der Waals surface area contributed by atoms with Gasteiger partial charge in [0.05, 0.1) is 5.02 Å². The Morgan fingerprint density at radius 1 is 1.11 bits per heavy atom. The highest BCUT2D eigenvalue weighted by Crippen LogP contribution is 2.18. The van der Waals surface area contributed by atoms with Crippen molar-refractivity contribution in [1.29, 1.82) is 0 Å². The molecule has 0 saturated carbocycles. The summed E-state index contributed by atoms with van der Waals surface area (Å²) in [6, 6.07) is 10.8. The molecule has 0 aliphatic carbocycles. The topological polar surface area (TPSA) is 39.4 Å². The third kappa shape index (κ3) is 2.80. The zero-order valence-electron chi connectivity index (χ0n) is 9.75. The first-order valence-corrected chi connectivity index (χ1v) is 6.35. The Bertz CT molecular complexity index is 727. The number of pyridine rings is 1. The summed E-state index contributed by atoms with van der Waals surface area (Å²) in [5.41, 5.74) is 0.731. The molecule has 0 bridgehead atoms. The fourth-order valence-electron chi connectivity index (χ4n) is 1.67. The van der Waals surface area contributed by atoms with Crippen LogP contribution in [0.5, 0.6) is 5.75 Å². The van der Waals surface area contributed by atoms with Gasteiger partial charge in [-0.1, -0.05) is 29.3 Å². The van der Waals surface area contributed by atoms with E-state index in [1.807, 2.05) is 12.1 Å². The molecule has 0 fully saturated rings. The fraction of sp³-hybridized carbons (Fsp3) is 0.0769. The van der Waals surface area contributed by atoms with Crippen molar-refractivity contribution in [3.8, 4) is 5.75 Å². The van der Waals surface area contributed by atoms with Crippen LogP contribution in [0.2, 0.25) is 10.0 Å². The maximum atomic E-state index is 5.88. The lowest BCUT2D eigenvalue weighted by atomic mass is 10.3. The minimum Gasteiger partial charge on any atom is -0.485 e. The van der Waals surface area contributed by atoms with Gasteiger partial charge in [-0.2, -0.15) is 0 Å². The van der Waals surface area contributed by atoms with E-state index in [0.717, 1.165) is 5.65 Å². The molecular weight excluding hydrogens is 285 g/mol. The molecule has 3 rings (SSSR count). The number of benzene rings is 1. The van der Waals surface area contributed by atoms with Crippen LogP contribution in [-0.2, 0) is 6.61 Å². The zero-order chi connectivity index (χ0) is 13.2. The molecule has 19 heavy (non-hydrogen) atoms. The molecule has 4 nitrogen and oxygen atoms in total. The first-order valence-electron chi connectivity index (χ1n) is 5.60. The van der Waals surface area contributed by atoms with E-state index in [2.05, 4.69) is 10.1 Å². The molecule has 0 aliphatic heterocycles. The van der Waals surface area contributed by atoms with Crippen molar-refractivity contribution in [2.75, 3.05) is 0 Å². The average Bonchev–Trinajstić information content (AvgIpc) is 2.78. The van der Waals surface area contributed by atoms with Gasteiger partial charge in [-0.3, -0.25) is 0 Å². The molecule has 2 aromatic heterocycles. The molecular formula is C13H9Cl2N3O. The molecule has 6 heteroatoms. The van der Waals surface area contributed by atoms with E-state index >= 15 is 0 Å². The molecule has 0 radical (unpaired) electrons. The summed E-state index contributed by atoms with van der Waals surface area (Å²) in [5.74, 6) is 1.27.